The summed E-state index contributed by atoms with van der Waals surface area (Å²) in [4.78, 5) is 0. The summed E-state index contributed by atoms with van der Waals surface area (Å²) in [5, 5.41) is 0. The molecule has 2 saturated heterocycles. The highest BCUT2D eigenvalue weighted by atomic mass is 31.2. The highest BCUT2D eigenvalue weighted by Crippen LogP contribution is 2.66. The van der Waals surface area contributed by atoms with E-state index in [0.29, 0.717) is 0 Å². The van der Waals surface area contributed by atoms with Gasteiger partial charge in [0.25, 0.3) is 8.53 Å². The molecule has 2 aliphatic heterocycles. The highest BCUT2D eigenvalue weighted by Gasteiger charge is 2.68. The van der Waals surface area contributed by atoms with Crippen LogP contribution in [0.15, 0.2) is 121 Å². The van der Waals surface area contributed by atoms with Gasteiger partial charge in [0.15, 0.2) is 17.0 Å². The van der Waals surface area contributed by atoms with Gasteiger partial charge in [-0.15, -0.1) is 0 Å². The van der Waals surface area contributed by atoms with Crippen LogP contribution in [0.3, 0.4) is 0 Å². The molecule has 0 aromatic heterocycles. The third-order valence-corrected chi connectivity index (χ3v) is 10.5. The third kappa shape index (κ3) is 4.55. The predicted molar refractivity (Wildman–Crippen MR) is 166 cm³/mol. The Bertz CT molecular complexity index is 1280. The van der Waals surface area contributed by atoms with Crippen molar-refractivity contribution in [1.29, 1.82) is 0 Å². The van der Waals surface area contributed by atoms with E-state index in [0.717, 1.165) is 47.9 Å². The zero-order chi connectivity index (χ0) is 28.6. The molecule has 0 unspecified atom stereocenters. The van der Waals surface area contributed by atoms with E-state index >= 15 is 0 Å². The van der Waals surface area contributed by atoms with Gasteiger partial charge in [0.2, 0.25) is 0 Å². The van der Waals surface area contributed by atoms with Gasteiger partial charge in [-0.2, -0.15) is 0 Å². The summed E-state index contributed by atoms with van der Waals surface area (Å²) in [7, 11) is 2.44. The van der Waals surface area contributed by atoms with Crippen LogP contribution in [0.1, 0.15) is 54.4 Å². The zero-order valence-corrected chi connectivity index (χ0v) is 25.2. The molecule has 1 spiro atoms. The van der Waals surface area contributed by atoms with Crippen LogP contribution in [0.4, 0.5) is 0 Å². The van der Waals surface area contributed by atoms with Crippen LogP contribution in [-0.4, -0.2) is 36.8 Å². The van der Waals surface area contributed by atoms with Crippen LogP contribution in [0.5, 0.6) is 0 Å². The molecule has 42 heavy (non-hydrogen) atoms. The summed E-state index contributed by atoms with van der Waals surface area (Å²) >= 11 is 0. The van der Waals surface area contributed by atoms with Crippen molar-refractivity contribution in [2.24, 2.45) is 0 Å². The second-order valence-corrected chi connectivity index (χ2v) is 13.4. The van der Waals surface area contributed by atoms with Crippen molar-refractivity contribution in [3.05, 3.63) is 144 Å². The van der Waals surface area contributed by atoms with E-state index in [1.165, 1.54) is 6.42 Å². The molecule has 0 bridgehead atoms. The molecule has 1 saturated carbocycles. The van der Waals surface area contributed by atoms with Gasteiger partial charge >= 0.3 is 0 Å². The molecule has 0 radical (unpaired) electrons. The molecule has 6 heteroatoms. The van der Waals surface area contributed by atoms with Crippen molar-refractivity contribution in [3.8, 4) is 0 Å². The van der Waals surface area contributed by atoms with E-state index in [1.807, 2.05) is 14.1 Å². The molecule has 216 valence electrons. The maximum atomic E-state index is 7.44. The van der Waals surface area contributed by atoms with Crippen LogP contribution in [0.25, 0.3) is 0 Å². The SMILES string of the molecule is CN(C)P1OC(c2ccccc2)(c2ccccc2)[C@@H]2OC3(CCCCC3)O[C@H]2C(c2ccccc2)(c2ccccc2)O1. The number of hydrogen-bond donors (Lipinski definition) is 0. The van der Waals surface area contributed by atoms with Gasteiger partial charge < -0.3 is 18.5 Å². The molecule has 3 fully saturated rings. The third-order valence-electron chi connectivity index (χ3n) is 8.96. The van der Waals surface area contributed by atoms with Crippen LogP contribution in [0.2, 0.25) is 0 Å². The van der Waals surface area contributed by atoms with Gasteiger partial charge in [-0.05, 0) is 49.2 Å². The number of benzene rings is 4. The molecule has 5 nitrogen and oxygen atoms in total. The van der Waals surface area contributed by atoms with Crippen LogP contribution < -0.4 is 0 Å². The second-order valence-electron chi connectivity index (χ2n) is 11.8. The minimum Gasteiger partial charge on any atom is -0.340 e. The number of ether oxygens (including phenoxy) is 2. The fourth-order valence-electron chi connectivity index (χ4n) is 7.01. The number of nitrogens with zero attached hydrogens (tertiary/aromatic N) is 1. The highest BCUT2D eigenvalue weighted by molar-refractivity contribution is 7.44. The van der Waals surface area contributed by atoms with Gasteiger partial charge in [0.1, 0.15) is 12.2 Å². The van der Waals surface area contributed by atoms with Gasteiger partial charge in [0, 0.05) is 12.8 Å². The maximum absolute atomic E-state index is 7.44. The first-order chi connectivity index (χ1) is 20.6. The van der Waals surface area contributed by atoms with Crippen molar-refractivity contribution in [2.45, 2.75) is 61.3 Å². The summed E-state index contributed by atoms with van der Waals surface area (Å²) in [6.45, 7) is 0. The maximum Gasteiger partial charge on any atom is 0.260 e. The van der Waals surface area contributed by atoms with Gasteiger partial charge in [-0.3, -0.25) is 0 Å². The average Bonchev–Trinajstić information content (AvgIpc) is 3.36. The van der Waals surface area contributed by atoms with Crippen molar-refractivity contribution in [3.63, 3.8) is 0 Å². The van der Waals surface area contributed by atoms with E-state index in [-0.39, 0.29) is 0 Å². The fraction of sp³-hybridized carbons (Fsp3) is 0.333. The molecule has 0 N–H and O–H groups in total. The Kier molecular flexibility index (Phi) is 7.52. The number of rotatable bonds is 5. The van der Waals surface area contributed by atoms with Gasteiger partial charge in [-0.1, -0.05) is 128 Å². The number of hydrogen-bond acceptors (Lipinski definition) is 5. The van der Waals surface area contributed by atoms with E-state index in [4.69, 9.17) is 18.5 Å². The van der Waals surface area contributed by atoms with E-state index in [1.54, 1.807) is 0 Å². The van der Waals surface area contributed by atoms with Crippen molar-refractivity contribution in [2.75, 3.05) is 14.1 Å². The molecule has 2 heterocycles. The average molecular weight is 580 g/mol. The molecular weight excluding hydrogens is 541 g/mol. The minimum absolute atomic E-state index is 0.506. The van der Waals surface area contributed by atoms with Crippen LogP contribution >= 0.6 is 8.53 Å². The first-order valence-corrected chi connectivity index (χ1v) is 16.1. The Morgan fingerprint density at radius 2 is 0.857 bits per heavy atom. The van der Waals surface area contributed by atoms with Crippen LogP contribution in [-0.2, 0) is 29.7 Å². The Balaban J connectivity index is 1.56. The topological polar surface area (TPSA) is 40.2 Å². The Labute approximate surface area is 250 Å². The summed E-state index contributed by atoms with van der Waals surface area (Å²) in [5.41, 5.74) is 2.12. The predicted octanol–water partition coefficient (Wildman–Crippen LogP) is 8.15. The second kappa shape index (κ2) is 11.3. The lowest BCUT2D eigenvalue weighted by molar-refractivity contribution is -0.215. The quantitative estimate of drug-likeness (QED) is 0.223. The van der Waals surface area contributed by atoms with Crippen molar-refractivity contribution < 1.29 is 18.5 Å². The normalized spacial score (nSPS) is 24.7. The molecule has 4 aromatic carbocycles. The molecule has 0 amide bonds. The molecule has 2 atom stereocenters. The standard InChI is InChI=1S/C36H38NO4P/c1-37(2)42-40-35(28-18-8-3-9-19-28,29-20-10-4-11-21-29)32-33(39-34(38-32)26-16-7-17-27-34)36(41-42,30-22-12-5-13-23-30)31-24-14-6-15-25-31/h3-6,8-15,18-25,32-33H,7,16-17,26-27H2,1-2H3/t32-,33-/m1/s1. The molecule has 3 aliphatic rings. The van der Waals surface area contributed by atoms with Gasteiger partial charge in [-0.25, -0.2) is 4.67 Å². The van der Waals surface area contributed by atoms with Gasteiger partial charge in [0.05, 0.1) is 0 Å². The van der Waals surface area contributed by atoms with Crippen molar-refractivity contribution in [1.82, 2.24) is 4.67 Å². The largest absolute Gasteiger partial charge is 0.340 e. The summed E-state index contributed by atoms with van der Waals surface area (Å²) in [6.07, 6.45) is 4.01. The summed E-state index contributed by atoms with van der Waals surface area (Å²) in [5.74, 6) is -0.706. The van der Waals surface area contributed by atoms with Crippen LogP contribution in [0, 0.1) is 0 Å². The smallest absolute Gasteiger partial charge is 0.260 e. The van der Waals surface area contributed by atoms with E-state index in [9.17, 15) is 0 Å². The van der Waals surface area contributed by atoms with E-state index in [2.05, 4.69) is 126 Å². The minimum atomic E-state index is -1.61. The summed E-state index contributed by atoms with van der Waals surface area (Å²) < 4.78 is 31.7. The first kappa shape index (κ1) is 27.9. The lowest BCUT2D eigenvalue weighted by Crippen LogP contribution is -2.53. The molecule has 1 aliphatic carbocycles. The Hall–Kier alpha value is -2.89. The lowest BCUT2D eigenvalue weighted by Gasteiger charge is -2.41. The Morgan fingerprint density at radius 3 is 1.17 bits per heavy atom. The number of fused-ring (bicyclic) bond motifs is 1. The lowest BCUT2D eigenvalue weighted by atomic mass is 9.72. The van der Waals surface area contributed by atoms with E-state index < -0.39 is 37.7 Å². The molecular formula is C36H38NO4P. The Morgan fingerprint density at radius 1 is 0.524 bits per heavy atom. The molecule has 4 aromatic rings. The first-order valence-electron chi connectivity index (χ1n) is 15.0. The monoisotopic (exact) mass is 579 g/mol. The molecule has 7 rings (SSSR count). The van der Waals surface area contributed by atoms with Crippen molar-refractivity contribution >= 4 is 8.53 Å². The summed E-state index contributed by atoms with van der Waals surface area (Å²) in [6, 6.07) is 42.1. The fourth-order valence-corrected chi connectivity index (χ4v) is 8.50. The zero-order valence-electron chi connectivity index (χ0n) is 24.3.